The molecule has 2 aromatic rings. The molecule has 27 heavy (non-hydrogen) atoms. The van der Waals surface area contributed by atoms with Gasteiger partial charge in [0.15, 0.2) is 5.13 Å². The van der Waals surface area contributed by atoms with Crippen molar-refractivity contribution in [3.8, 4) is 0 Å². The third kappa shape index (κ3) is 3.99. The number of hydrogen-bond acceptors (Lipinski definition) is 6. The molecule has 140 valence electrons. The van der Waals surface area contributed by atoms with Crippen molar-refractivity contribution in [2.24, 2.45) is 4.99 Å². The molecule has 1 aromatic carbocycles. The maximum atomic E-state index is 13.4. The number of benzene rings is 1. The molecule has 1 aliphatic rings. The van der Waals surface area contributed by atoms with Gasteiger partial charge in [-0.25, -0.2) is 14.2 Å². The van der Waals surface area contributed by atoms with E-state index >= 15 is 0 Å². The van der Waals surface area contributed by atoms with E-state index in [9.17, 15) is 19.1 Å². The average Bonchev–Trinajstić information content (AvgIpc) is 3.01. The molecule has 0 aliphatic carbocycles. The first-order valence-electron chi connectivity index (χ1n) is 7.74. The summed E-state index contributed by atoms with van der Waals surface area (Å²) in [6, 6.07) is 2.82. The van der Waals surface area contributed by atoms with Gasteiger partial charge in [0.05, 0.1) is 16.6 Å². The minimum atomic E-state index is -1.16. The first-order valence-corrected chi connectivity index (χ1v) is 8.93. The molecule has 1 aromatic heterocycles. The lowest BCUT2D eigenvalue weighted by molar-refractivity contribution is -0.133. The summed E-state index contributed by atoms with van der Waals surface area (Å²) < 4.78 is 13.4. The number of amides is 1. The Morgan fingerprint density at radius 1 is 1.41 bits per heavy atom. The molecule has 2 heterocycles. The zero-order valence-electron chi connectivity index (χ0n) is 14.2. The fraction of sp³-hybridized carbons (Fsp3) is 0.176. The molecule has 1 unspecified atom stereocenters. The van der Waals surface area contributed by atoms with Crippen LogP contribution in [0.3, 0.4) is 0 Å². The fourth-order valence-electron chi connectivity index (χ4n) is 2.62. The van der Waals surface area contributed by atoms with Crippen LogP contribution in [0, 0.1) is 5.82 Å². The van der Waals surface area contributed by atoms with E-state index in [1.165, 1.54) is 36.6 Å². The summed E-state index contributed by atoms with van der Waals surface area (Å²) in [5, 5.41) is 15.6. The summed E-state index contributed by atoms with van der Waals surface area (Å²) in [4.78, 5) is 32.1. The summed E-state index contributed by atoms with van der Waals surface area (Å²) in [6.45, 7) is 2.98. The van der Waals surface area contributed by atoms with Gasteiger partial charge in [-0.3, -0.25) is 9.79 Å². The molecule has 10 heteroatoms. The normalized spacial score (nSPS) is 16.6. The second kappa shape index (κ2) is 7.45. The summed E-state index contributed by atoms with van der Waals surface area (Å²) in [7, 11) is 0. The topological polar surface area (TPSA) is 104 Å². The molecule has 0 radical (unpaired) electrons. The number of rotatable bonds is 4. The minimum Gasteiger partial charge on any atom is -0.478 e. The van der Waals surface area contributed by atoms with E-state index in [-0.39, 0.29) is 16.5 Å². The van der Waals surface area contributed by atoms with E-state index < -0.39 is 17.8 Å². The van der Waals surface area contributed by atoms with Crippen molar-refractivity contribution >= 4 is 45.8 Å². The molecule has 0 saturated carbocycles. The van der Waals surface area contributed by atoms with Gasteiger partial charge in [-0.2, -0.15) is 0 Å². The zero-order chi connectivity index (χ0) is 19.7. The van der Waals surface area contributed by atoms with Crippen LogP contribution in [0.5, 0.6) is 0 Å². The number of aromatic nitrogens is 1. The van der Waals surface area contributed by atoms with Crippen LogP contribution in [0.2, 0.25) is 5.02 Å². The number of thiazole rings is 1. The van der Waals surface area contributed by atoms with Crippen LogP contribution in [0.1, 0.15) is 30.3 Å². The van der Waals surface area contributed by atoms with E-state index in [1.54, 1.807) is 6.92 Å². The molecule has 1 aliphatic heterocycles. The van der Waals surface area contributed by atoms with Crippen molar-refractivity contribution in [3.05, 3.63) is 56.9 Å². The SMILES string of the molecule is CC(=O)Nc1ncc(C2=NC(c3ccc(F)cc3Cl)C(C(=O)O)=C(C)N2)s1. The van der Waals surface area contributed by atoms with Gasteiger partial charge in [-0.1, -0.05) is 29.0 Å². The van der Waals surface area contributed by atoms with Gasteiger partial charge in [0.25, 0.3) is 0 Å². The molecule has 0 bridgehead atoms. The lowest BCUT2D eigenvalue weighted by atomic mass is 9.96. The number of carboxylic acids is 1. The Morgan fingerprint density at radius 2 is 2.15 bits per heavy atom. The highest BCUT2D eigenvalue weighted by atomic mass is 35.5. The second-order valence-corrected chi connectivity index (χ2v) is 7.16. The smallest absolute Gasteiger partial charge is 0.335 e. The Balaban J connectivity index is 2.06. The Bertz CT molecular complexity index is 1000. The largest absolute Gasteiger partial charge is 0.478 e. The lowest BCUT2D eigenvalue weighted by Crippen LogP contribution is -2.31. The quantitative estimate of drug-likeness (QED) is 0.719. The van der Waals surface area contributed by atoms with Crippen LogP contribution in [0.4, 0.5) is 9.52 Å². The number of aliphatic imine (C=N–C) groups is 1. The third-order valence-electron chi connectivity index (χ3n) is 3.75. The maximum Gasteiger partial charge on any atom is 0.335 e. The third-order valence-corrected chi connectivity index (χ3v) is 5.00. The van der Waals surface area contributed by atoms with Crippen molar-refractivity contribution in [1.82, 2.24) is 10.3 Å². The molecule has 1 atom stereocenters. The molecule has 0 fully saturated rings. The average molecular weight is 409 g/mol. The standard InChI is InChI=1S/C17H14ClFN4O3S/c1-7-13(16(25)26)14(10-4-3-9(19)5-11(10)18)23-15(21-7)12-6-20-17(27-12)22-8(2)24/h3-6,14H,1-2H3,(H,21,23)(H,25,26)(H,20,22,24). The van der Waals surface area contributed by atoms with Crippen molar-refractivity contribution < 1.29 is 19.1 Å². The molecule has 3 N–H and O–H groups in total. The molecule has 0 spiro atoms. The van der Waals surface area contributed by atoms with Gasteiger partial charge in [0, 0.05) is 23.2 Å². The number of anilines is 1. The first-order chi connectivity index (χ1) is 12.8. The Kier molecular flexibility index (Phi) is 5.24. The van der Waals surface area contributed by atoms with Crippen molar-refractivity contribution in [1.29, 1.82) is 0 Å². The van der Waals surface area contributed by atoms with Gasteiger partial charge < -0.3 is 15.7 Å². The predicted octanol–water partition coefficient (Wildman–Crippen LogP) is 3.34. The van der Waals surface area contributed by atoms with Gasteiger partial charge in [-0.15, -0.1) is 0 Å². The molecule has 1 amide bonds. The molecular formula is C17H14ClFN4O3S. The number of carbonyl (C=O) groups is 2. The fourth-order valence-corrected chi connectivity index (χ4v) is 3.70. The van der Waals surface area contributed by atoms with E-state index in [4.69, 9.17) is 11.6 Å². The molecule has 7 nitrogen and oxygen atoms in total. The number of hydrogen-bond donors (Lipinski definition) is 3. The number of allylic oxidation sites excluding steroid dienone is 1. The highest BCUT2D eigenvalue weighted by Crippen LogP contribution is 2.36. The number of nitrogens with one attached hydrogen (secondary N) is 2. The first kappa shape index (κ1) is 19.0. The summed E-state index contributed by atoms with van der Waals surface area (Å²) in [5.74, 6) is -1.55. The Morgan fingerprint density at radius 3 is 2.78 bits per heavy atom. The summed E-state index contributed by atoms with van der Waals surface area (Å²) in [5.41, 5.74) is 0.770. The van der Waals surface area contributed by atoms with E-state index in [2.05, 4.69) is 20.6 Å². The van der Waals surface area contributed by atoms with Crippen molar-refractivity contribution in [2.75, 3.05) is 5.32 Å². The number of carbonyl (C=O) groups excluding carboxylic acids is 1. The van der Waals surface area contributed by atoms with Crippen LogP contribution in [0.15, 0.2) is 40.7 Å². The minimum absolute atomic E-state index is 0.0128. The van der Waals surface area contributed by atoms with Crippen molar-refractivity contribution in [2.45, 2.75) is 19.9 Å². The van der Waals surface area contributed by atoms with E-state index in [0.717, 1.165) is 6.07 Å². The van der Waals surface area contributed by atoms with E-state index in [1.807, 2.05) is 0 Å². The number of aliphatic carboxylic acids is 1. The van der Waals surface area contributed by atoms with Gasteiger partial charge in [0.2, 0.25) is 5.91 Å². The second-order valence-electron chi connectivity index (χ2n) is 5.73. The van der Waals surface area contributed by atoms with Crippen LogP contribution in [-0.4, -0.2) is 27.8 Å². The number of carboxylic acid groups (broad SMARTS) is 1. The Hall–Kier alpha value is -2.78. The number of amidine groups is 1. The lowest BCUT2D eigenvalue weighted by Gasteiger charge is -2.25. The molecule has 0 saturated heterocycles. The number of nitrogens with zero attached hydrogens (tertiary/aromatic N) is 2. The summed E-state index contributed by atoms with van der Waals surface area (Å²) >= 11 is 7.32. The molecular weight excluding hydrogens is 395 g/mol. The molecule has 3 rings (SSSR count). The van der Waals surface area contributed by atoms with Crippen molar-refractivity contribution in [3.63, 3.8) is 0 Å². The predicted molar refractivity (Wildman–Crippen MR) is 101 cm³/mol. The van der Waals surface area contributed by atoms with E-state index in [0.29, 0.717) is 27.1 Å². The monoisotopic (exact) mass is 408 g/mol. The maximum absolute atomic E-state index is 13.4. The summed E-state index contributed by atoms with van der Waals surface area (Å²) in [6.07, 6.45) is 1.52. The van der Waals surface area contributed by atoms with Crippen LogP contribution >= 0.6 is 22.9 Å². The van der Waals surface area contributed by atoms with Crippen LogP contribution in [-0.2, 0) is 9.59 Å². The highest BCUT2D eigenvalue weighted by molar-refractivity contribution is 7.17. The highest BCUT2D eigenvalue weighted by Gasteiger charge is 2.31. The number of halogens is 2. The Labute approximate surface area is 162 Å². The van der Waals surface area contributed by atoms with Gasteiger partial charge >= 0.3 is 5.97 Å². The van der Waals surface area contributed by atoms with Gasteiger partial charge in [0.1, 0.15) is 17.7 Å². The van der Waals surface area contributed by atoms with Gasteiger partial charge in [-0.05, 0) is 19.1 Å². The zero-order valence-corrected chi connectivity index (χ0v) is 15.8. The van der Waals surface area contributed by atoms with Crippen LogP contribution < -0.4 is 10.6 Å². The van der Waals surface area contributed by atoms with Crippen LogP contribution in [0.25, 0.3) is 0 Å².